The fraction of sp³-hybridized carbons (Fsp3) is 0.348. The molecule has 0 unspecified atom stereocenters. The van der Waals surface area contributed by atoms with Gasteiger partial charge in [0.25, 0.3) is 0 Å². The number of fused-ring (bicyclic) bond motifs is 2. The van der Waals surface area contributed by atoms with Crippen LogP contribution in [0.5, 0.6) is 11.5 Å². The van der Waals surface area contributed by atoms with Crippen molar-refractivity contribution in [2.45, 2.75) is 20.0 Å². The van der Waals surface area contributed by atoms with Gasteiger partial charge in [-0.2, -0.15) is 0 Å². The maximum absolute atomic E-state index is 12.5. The van der Waals surface area contributed by atoms with Gasteiger partial charge in [-0.05, 0) is 35.4 Å². The van der Waals surface area contributed by atoms with Crippen LogP contribution >= 0.6 is 0 Å². The quantitative estimate of drug-likeness (QED) is 0.410. The van der Waals surface area contributed by atoms with E-state index >= 15 is 0 Å². The predicted octanol–water partition coefficient (Wildman–Crippen LogP) is 3.82. The zero-order valence-electron chi connectivity index (χ0n) is 17.9. The summed E-state index contributed by atoms with van der Waals surface area (Å²) in [7, 11) is 3.18. The number of rotatable bonds is 9. The van der Waals surface area contributed by atoms with E-state index in [4.69, 9.17) is 18.9 Å². The van der Waals surface area contributed by atoms with Gasteiger partial charge in [0.1, 0.15) is 6.61 Å². The molecule has 0 aliphatic carbocycles. The normalized spacial score (nSPS) is 12.5. The molecule has 1 aliphatic rings. The molecule has 1 N–H and O–H groups in total. The maximum Gasteiger partial charge on any atom is 0.339 e. The van der Waals surface area contributed by atoms with Gasteiger partial charge in [-0.25, -0.2) is 14.8 Å². The lowest BCUT2D eigenvalue weighted by molar-refractivity contribution is 0.0535. The Labute approximate surface area is 180 Å². The highest BCUT2D eigenvalue weighted by atomic mass is 16.5. The van der Waals surface area contributed by atoms with Crippen LogP contribution in [0.4, 0.5) is 5.95 Å². The molecule has 0 bridgehead atoms. The molecule has 0 saturated heterocycles. The summed E-state index contributed by atoms with van der Waals surface area (Å²) in [6.07, 6.45) is 4.40. The minimum atomic E-state index is -0.350. The highest BCUT2D eigenvalue weighted by Gasteiger charge is 2.28. The lowest BCUT2D eigenvalue weighted by atomic mass is 9.91. The summed E-state index contributed by atoms with van der Waals surface area (Å²) in [6, 6.07) is 5.72. The monoisotopic (exact) mass is 423 g/mol. The van der Waals surface area contributed by atoms with Crippen LogP contribution in [-0.2, 0) is 16.1 Å². The smallest absolute Gasteiger partial charge is 0.339 e. The molecule has 0 fully saturated rings. The Hall–Kier alpha value is -3.39. The van der Waals surface area contributed by atoms with E-state index in [-0.39, 0.29) is 12.6 Å². The number of benzene rings is 2. The first-order chi connectivity index (χ1) is 15.2. The van der Waals surface area contributed by atoms with Crippen molar-refractivity contribution >= 4 is 22.7 Å². The predicted molar refractivity (Wildman–Crippen MR) is 117 cm³/mol. The molecule has 2 heterocycles. The molecule has 0 amide bonds. The molecule has 2 aromatic carbocycles. The van der Waals surface area contributed by atoms with Crippen molar-refractivity contribution < 1.29 is 23.7 Å². The van der Waals surface area contributed by atoms with Gasteiger partial charge in [0, 0.05) is 42.2 Å². The van der Waals surface area contributed by atoms with Crippen LogP contribution < -0.4 is 14.8 Å². The molecule has 162 valence electrons. The van der Waals surface area contributed by atoms with Crippen LogP contribution in [0.3, 0.4) is 0 Å². The summed E-state index contributed by atoms with van der Waals surface area (Å²) in [6.45, 7) is 4.25. The zero-order chi connectivity index (χ0) is 21.8. The van der Waals surface area contributed by atoms with Crippen molar-refractivity contribution in [2.24, 2.45) is 0 Å². The molecule has 8 nitrogen and oxygen atoms in total. The van der Waals surface area contributed by atoms with Crippen LogP contribution in [0, 0.1) is 0 Å². The van der Waals surface area contributed by atoms with Crippen LogP contribution in [0.15, 0.2) is 30.6 Å². The molecule has 31 heavy (non-hydrogen) atoms. The minimum Gasteiger partial charge on any atom is -0.493 e. The molecule has 1 aliphatic heterocycles. The number of methoxy groups -OCH3 is 2. The number of carbonyl (C=O) groups is 1. The van der Waals surface area contributed by atoms with Gasteiger partial charge >= 0.3 is 5.97 Å². The van der Waals surface area contributed by atoms with Crippen LogP contribution in [-0.4, -0.2) is 49.9 Å². The summed E-state index contributed by atoms with van der Waals surface area (Å²) in [4.78, 5) is 21.4. The number of aromatic nitrogens is 2. The van der Waals surface area contributed by atoms with Gasteiger partial charge in [-0.3, -0.25) is 0 Å². The fourth-order valence-electron chi connectivity index (χ4n) is 3.68. The van der Waals surface area contributed by atoms with Crippen molar-refractivity contribution in [2.75, 3.05) is 39.3 Å². The summed E-state index contributed by atoms with van der Waals surface area (Å²) >= 11 is 0. The molecule has 8 heteroatoms. The van der Waals surface area contributed by atoms with Crippen molar-refractivity contribution in [3.63, 3.8) is 0 Å². The number of hydrogen-bond acceptors (Lipinski definition) is 8. The third kappa shape index (κ3) is 4.11. The van der Waals surface area contributed by atoms with E-state index in [0.717, 1.165) is 40.5 Å². The zero-order valence-corrected chi connectivity index (χ0v) is 17.9. The lowest BCUT2D eigenvalue weighted by Gasteiger charge is -2.14. The number of hydrogen-bond donors (Lipinski definition) is 1. The van der Waals surface area contributed by atoms with Crippen molar-refractivity contribution in [1.82, 2.24) is 9.97 Å². The first kappa shape index (κ1) is 20.9. The number of anilines is 1. The van der Waals surface area contributed by atoms with Gasteiger partial charge in [0.05, 0.1) is 26.4 Å². The minimum absolute atomic E-state index is 0.240. The van der Waals surface area contributed by atoms with Gasteiger partial charge in [0.15, 0.2) is 11.5 Å². The van der Waals surface area contributed by atoms with E-state index in [2.05, 4.69) is 22.2 Å². The molecular weight excluding hydrogens is 398 g/mol. The third-order valence-corrected chi connectivity index (χ3v) is 5.11. The van der Waals surface area contributed by atoms with E-state index in [1.165, 1.54) is 0 Å². The van der Waals surface area contributed by atoms with E-state index < -0.39 is 0 Å². The molecule has 0 radical (unpaired) electrons. The second-order valence-electron chi connectivity index (χ2n) is 7.12. The van der Waals surface area contributed by atoms with Crippen molar-refractivity contribution in [1.29, 1.82) is 0 Å². The van der Waals surface area contributed by atoms with Crippen LogP contribution in [0.1, 0.15) is 29.3 Å². The molecule has 3 aromatic rings. The molecule has 0 spiro atoms. The highest BCUT2D eigenvalue weighted by Crippen LogP contribution is 2.42. The fourth-order valence-corrected chi connectivity index (χ4v) is 3.68. The average Bonchev–Trinajstić information content (AvgIpc) is 3.17. The van der Waals surface area contributed by atoms with Gasteiger partial charge in [-0.1, -0.05) is 6.92 Å². The van der Waals surface area contributed by atoms with Crippen molar-refractivity contribution in [3.8, 4) is 22.6 Å². The Morgan fingerprint density at radius 3 is 2.48 bits per heavy atom. The first-order valence-corrected chi connectivity index (χ1v) is 10.2. The van der Waals surface area contributed by atoms with E-state index in [1.807, 2.05) is 18.2 Å². The SMILES string of the molecule is CCCOCCNc1ncc(-c2c3c(cc4cc(OC)c(OC)cc24)COC3=O)cn1. The van der Waals surface area contributed by atoms with E-state index in [0.29, 0.717) is 36.2 Å². The largest absolute Gasteiger partial charge is 0.493 e. The third-order valence-electron chi connectivity index (χ3n) is 5.11. The molecule has 4 rings (SSSR count). The summed E-state index contributed by atoms with van der Waals surface area (Å²) in [5, 5.41) is 4.90. The Balaban J connectivity index is 1.74. The Bertz CT molecular complexity index is 1100. The summed E-state index contributed by atoms with van der Waals surface area (Å²) < 4.78 is 21.7. The van der Waals surface area contributed by atoms with E-state index in [1.54, 1.807) is 26.6 Å². The number of carbonyl (C=O) groups excluding carboxylic acids is 1. The van der Waals surface area contributed by atoms with Gasteiger partial charge in [-0.15, -0.1) is 0 Å². The Morgan fingerprint density at radius 2 is 1.77 bits per heavy atom. The summed E-state index contributed by atoms with van der Waals surface area (Å²) in [5.41, 5.74) is 2.82. The number of ether oxygens (including phenoxy) is 4. The topological polar surface area (TPSA) is 91.8 Å². The van der Waals surface area contributed by atoms with E-state index in [9.17, 15) is 4.79 Å². The lowest BCUT2D eigenvalue weighted by Crippen LogP contribution is -2.11. The number of nitrogens with zero attached hydrogens (tertiary/aromatic N) is 2. The molecular formula is C23H25N3O5. The second-order valence-corrected chi connectivity index (χ2v) is 7.12. The Morgan fingerprint density at radius 1 is 1.03 bits per heavy atom. The standard InChI is InChI=1S/C23H25N3O5/c1-4-6-30-7-5-24-23-25-11-16(12-26-23)20-17-10-19(29-3)18(28-2)9-14(17)8-15-13-31-22(27)21(15)20/h8-12H,4-7,13H2,1-3H3,(H,24,25,26). The van der Waals surface area contributed by atoms with Gasteiger partial charge < -0.3 is 24.3 Å². The molecule has 0 saturated carbocycles. The Kier molecular flexibility index (Phi) is 6.18. The second kappa shape index (κ2) is 9.18. The maximum atomic E-state index is 12.5. The number of cyclic esters (lactones) is 1. The summed E-state index contributed by atoms with van der Waals surface area (Å²) in [5.74, 6) is 1.35. The van der Waals surface area contributed by atoms with Crippen molar-refractivity contribution in [3.05, 3.63) is 41.7 Å². The first-order valence-electron chi connectivity index (χ1n) is 10.2. The van der Waals surface area contributed by atoms with Crippen LogP contribution in [0.2, 0.25) is 0 Å². The highest BCUT2D eigenvalue weighted by molar-refractivity contribution is 6.11. The molecule has 1 aromatic heterocycles. The van der Waals surface area contributed by atoms with Gasteiger partial charge in [0.2, 0.25) is 5.95 Å². The molecule has 0 atom stereocenters. The number of nitrogens with one attached hydrogen (secondary N) is 1. The van der Waals surface area contributed by atoms with Crippen LogP contribution in [0.25, 0.3) is 21.9 Å². The average molecular weight is 423 g/mol. The number of esters is 1.